The number of halogens is 3. The van der Waals surface area contributed by atoms with Crippen molar-refractivity contribution in [1.29, 1.82) is 0 Å². The van der Waals surface area contributed by atoms with Gasteiger partial charge in [0.15, 0.2) is 0 Å². The zero-order valence-corrected chi connectivity index (χ0v) is 21.4. The molecule has 10 nitrogen and oxygen atoms in total. The number of carboxylic acid groups (broad SMARTS) is 1. The average molecular weight is 555 g/mol. The van der Waals surface area contributed by atoms with Gasteiger partial charge in [-0.15, -0.1) is 13.2 Å². The van der Waals surface area contributed by atoms with E-state index in [-0.39, 0.29) is 24.7 Å². The van der Waals surface area contributed by atoms with Crippen molar-refractivity contribution in [2.45, 2.75) is 19.8 Å². The molecule has 2 aromatic carbocycles. The minimum atomic E-state index is -4.75. The summed E-state index contributed by atoms with van der Waals surface area (Å²) in [7, 11) is 0. The van der Waals surface area contributed by atoms with Gasteiger partial charge in [-0.05, 0) is 55.0 Å². The maximum atomic E-state index is 13.0. The lowest BCUT2D eigenvalue weighted by Gasteiger charge is -2.33. The molecule has 1 aliphatic rings. The van der Waals surface area contributed by atoms with E-state index in [9.17, 15) is 22.8 Å². The molecular formula is C27H25F3N6O4. The van der Waals surface area contributed by atoms with Gasteiger partial charge in [-0.1, -0.05) is 12.1 Å². The van der Waals surface area contributed by atoms with Gasteiger partial charge in [0.2, 0.25) is 0 Å². The Bertz CT molecular complexity index is 1520. The Kier molecular flexibility index (Phi) is 7.20. The number of hydrogen-bond donors (Lipinski definition) is 1. The molecule has 208 valence electrons. The van der Waals surface area contributed by atoms with Crippen LogP contribution in [0.5, 0.6) is 5.75 Å². The Morgan fingerprint density at radius 2 is 1.68 bits per heavy atom. The van der Waals surface area contributed by atoms with Crippen molar-refractivity contribution >= 4 is 12.0 Å². The topological polar surface area (TPSA) is 106 Å². The molecule has 2 amide bonds. The summed E-state index contributed by atoms with van der Waals surface area (Å²) in [6.07, 6.45) is -2.45. The number of amides is 2. The Labute approximate surface area is 226 Å². The Morgan fingerprint density at radius 3 is 2.35 bits per heavy atom. The van der Waals surface area contributed by atoms with E-state index in [2.05, 4.69) is 14.8 Å². The second-order valence-electron chi connectivity index (χ2n) is 9.30. The molecular weight excluding hydrogens is 529 g/mol. The quantitative estimate of drug-likeness (QED) is 0.378. The third-order valence-electron chi connectivity index (χ3n) is 6.54. The summed E-state index contributed by atoms with van der Waals surface area (Å²) in [5, 5.41) is 13.8. The zero-order valence-electron chi connectivity index (χ0n) is 21.4. The summed E-state index contributed by atoms with van der Waals surface area (Å²) in [5.74, 6) is -0.453. The van der Waals surface area contributed by atoms with Crippen molar-refractivity contribution in [3.05, 3.63) is 83.9 Å². The van der Waals surface area contributed by atoms with Crippen LogP contribution in [0.15, 0.2) is 67.1 Å². The van der Waals surface area contributed by atoms with E-state index >= 15 is 0 Å². The number of nitrogens with zero attached hydrogens (tertiary/aromatic N) is 6. The zero-order chi connectivity index (χ0) is 28.4. The standard InChI is InChI=1S/C27H25F3N6O4/c1-18-13-23(24-16-35(17-31-24)21-5-7-22(8-6-21)40-27(28,29)30)32-36(18)15-19-3-2-4-20(14-19)25(37)33-9-11-34(12-10-33)26(38)39/h2-8,13-14,16-17H,9-12,15H2,1H3,(H,38,39). The summed E-state index contributed by atoms with van der Waals surface area (Å²) in [5.41, 5.74) is 4.09. The van der Waals surface area contributed by atoms with E-state index in [0.717, 1.165) is 11.3 Å². The molecule has 0 atom stereocenters. The first kappa shape index (κ1) is 26.8. The lowest BCUT2D eigenvalue weighted by atomic mass is 10.1. The Morgan fingerprint density at radius 1 is 0.975 bits per heavy atom. The van der Waals surface area contributed by atoms with E-state index in [1.54, 1.807) is 32.7 Å². The number of carbonyl (C=O) groups is 2. The highest BCUT2D eigenvalue weighted by atomic mass is 19.4. The molecule has 0 saturated carbocycles. The predicted octanol–water partition coefficient (Wildman–Crippen LogP) is 4.43. The van der Waals surface area contributed by atoms with Crippen LogP contribution in [0.4, 0.5) is 18.0 Å². The SMILES string of the molecule is Cc1cc(-c2cn(-c3ccc(OC(F)(F)F)cc3)cn2)nn1Cc1cccc(C(=O)N2CCN(C(=O)O)CC2)c1. The third-order valence-corrected chi connectivity index (χ3v) is 6.54. The fourth-order valence-corrected chi connectivity index (χ4v) is 4.47. The lowest BCUT2D eigenvalue weighted by Crippen LogP contribution is -2.50. The van der Waals surface area contributed by atoms with Gasteiger partial charge in [0.25, 0.3) is 5.91 Å². The molecule has 0 spiro atoms. The van der Waals surface area contributed by atoms with Crippen LogP contribution in [0.3, 0.4) is 0 Å². The normalized spacial score (nSPS) is 13.9. The molecule has 1 fully saturated rings. The average Bonchev–Trinajstić information content (AvgIpc) is 3.55. The van der Waals surface area contributed by atoms with Crippen LogP contribution in [0.2, 0.25) is 0 Å². The maximum Gasteiger partial charge on any atom is 0.573 e. The number of rotatable bonds is 6. The van der Waals surface area contributed by atoms with Crippen molar-refractivity contribution in [2.75, 3.05) is 26.2 Å². The third kappa shape index (κ3) is 6.08. The van der Waals surface area contributed by atoms with Crippen LogP contribution in [0.1, 0.15) is 21.6 Å². The number of imidazole rings is 1. The number of ether oxygens (including phenoxy) is 1. The molecule has 1 aliphatic heterocycles. The summed E-state index contributed by atoms with van der Waals surface area (Å²) in [6.45, 7) is 3.57. The highest BCUT2D eigenvalue weighted by Crippen LogP contribution is 2.25. The van der Waals surface area contributed by atoms with Gasteiger partial charge in [-0.3, -0.25) is 9.48 Å². The van der Waals surface area contributed by atoms with Crippen molar-refractivity contribution in [3.63, 3.8) is 0 Å². The fraction of sp³-hybridized carbons (Fsp3) is 0.259. The first-order valence-electron chi connectivity index (χ1n) is 12.4. The smallest absolute Gasteiger partial charge is 0.465 e. The molecule has 0 unspecified atom stereocenters. The summed E-state index contributed by atoms with van der Waals surface area (Å²) >= 11 is 0. The van der Waals surface area contributed by atoms with Gasteiger partial charge in [0, 0.05) is 49.3 Å². The molecule has 2 aromatic heterocycles. The molecule has 1 saturated heterocycles. The highest BCUT2D eigenvalue weighted by Gasteiger charge is 2.31. The van der Waals surface area contributed by atoms with Crippen LogP contribution >= 0.6 is 0 Å². The van der Waals surface area contributed by atoms with E-state index in [1.165, 1.54) is 29.2 Å². The predicted molar refractivity (Wildman–Crippen MR) is 137 cm³/mol. The van der Waals surface area contributed by atoms with Crippen molar-refractivity contribution in [1.82, 2.24) is 29.1 Å². The van der Waals surface area contributed by atoms with Gasteiger partial charge >= 0.3 is 12.5 Å². The summed E-state index contributed by atoms with van der Waals surface area (Å²) in [4.78, 5) is 31.5. The van der Waals surface area contributed by atoms with Crippen LogP contribution < -0.4 is 4.74 Å². The number of hydrogen-bond acceptors (Lipinski definition) is 5. The fourth-order valence-electron chi connectivity index (χ4n) is 4.47. The second kappa shape index (κ2) is 10.8. The van der Waals surface area contributed by atoms with E-state index in [1.807, 2.05) is 31.2 Å². The van der Waals surface area contributed by atoms with Gasteiger partial charge in [0.05, 0.1) is 12.9 Å². The Hall–Kier alpha value is -4.81. The molecule has 40 heavy (non-hydrogen) atoms. The molecule has 13 heteroatoms. The number of aromatic nitrogens is 4. The summed E-state index contributed by atoms with van der Waals surface area (Å²) < 4.78 is 44.6. The van der Waals surface area contributed by atoms with E-state index in [0.29, 0.717) is 42.3 Å². The summed E-state index contributed by atoms with van der Waals surface area (Å²) in [6, 6.07) is 14.6. The van der Waals surface area contributed by atoms with Crippen LogP contribution in [0.25, 0.3) is 17.1 Å². The van der Waals surface area contributed by atoms with Crippen LogP contribution in [0, 0.1) is 6.92 Å². The van der Waals surface area contributed by atoms with Gasteiger partial charge < -0.3 is 24.2 Å². The molecule has 0 aliphatic carbocycles. The lowest BCUT2D eigenvalue weighted by molar-refractivity contribution is -0.274. The van der Waals surface area contributed by atoms with E-state index < -0.39 is 12.5 Å². The molecule has 0 bridgehead atoms. The highest BCUT2D eigenvalue weighted by molar-refractivity contribution is 5.94. The minimum absolute atomic E-state index is 0.145. The number of carbonyl (C=O) groups excluding carboxylic acids is 1. The monoisotopic (exact) mass is 554 g/mol. The van der Waals surface area contributed by atoms with Crippen LogP contribution in [-0.4, -0.2) is 78.8 Å². The van der Waals surface area contributed by atoms with Crippen LogP contribution in [-0.2, 0) is 6.54 Å². The number of aryl methyl sites for hydroxylation is 1. The van der Waals surface area contributed by atoms with Crippen molar-refractivity contribution in [2.24, 2.45) is 0 Å². The first-order chi connectivity index (χ1) is 19.1. The van der Waals surface area contributed by atoms with Crippen molar-refractivity contribution < 1.29 is 32.6 Å². The van der Waals surface area contributed by atoms with E-state index in [4.69, 9.17) is 5.11 Å². The maximum absolute atomic E-state index is 13.0. The van der Waals surface area contributed by atoms with Gasteiger partial charge in [-0.2, -0.15) is 5.10 Å². The Balaban J connectivity index is 1.26. The van der Waals surface area contributed by atoms with Crippen molar-refractivity contribution in [3.8, 4) is 22.8 Å². The number of piperazine rings is 1. The number of alkyl halides is 3. The molecule has 4 aromatic rings. The largest absolute Gasteiger partial charge is 0.573 e. The number of benzene rings is 2. The first-order valence-corrected chi connectivity index (χ1v) is 12.4. The van der Waals surface area contributed by atoms with Gasteiger partial charge in [-0.25, -0.2) is 9.78 Å². The molecule has 3 heterocycles. The van der Waals surface area contributed by atoms with Gasteiger partial charge in [0.1, 0.15) is 17.1 Å². The molecule has 0 radical (unpaired) electrons. The minimum Gasteiger partial charge on any atom is -0.465 e. The molecule has 1 N–H and O–H groups in total. The second-order valence-corrected chi connectivity index (χ2v) is 9.30. The molecule has 5 rings (SSSR count).